The lowest BCUT2D eigenvalue weighted by Gasteiger charge is -2.36. The van der Waals surface area contributed by atoms with E-state index in [2.05, 4.69) is 30.4 Å². The molecule has 3 aliphatic heterocycles. The first-order valence-corrected chi connectivity index (χ1v) is 18.2. The Hall–Kier alpha value is -5.90. The number of fused-ring (bicyclic) bond motifs is 2. The van der Waals surface area contributed by atoms with Crippen LogP contribution in [0.25, 0.3) is 11.0 Å². The van der Waals surface area contributed by atoms with Crippen molar-refractivity contribution in [2.75, 3.05) is 36.4 Å². The molecule has 1 atom stereocenters. The Morgan fingerprint density at radius 2 is 1.72 bits per heavy atom. The monoisotopic (exact) mass is 735 g/mol. The molecule has 2 N–H and O–H groups in total. The molecule has 1 unspecified atom stereocenters. The predicted molar refractivity (Wildman–Crippen MR) is 194 cm³/mol. The van der Waals surface area contributed by atoms with Crippen molar-refractivity contribution in [3.05, 3.63) is 80.6 Å². The summed E-state index contributed by atoms with van der Waals surface area (Å²) in [5.41, 5.74) is 1.97. The molecule has 1 aliphatic carbocycles. The van der Waals surface area contributed by atoms with Gasteiger partial charge < -0.3 is 10.2 Å². The number of carbonyl (C=O) groups excluding carboxylic acids is 5. The summed E-state index contributed by atoms with van der Waals surface area (Å²) in [6.45, 7) is 6.14. The maximum absolute atomic E-state index is 15.3. The number of hydrogen-bond donors (Lipinski definition) is 2. The van der Waals surface area contributed by atoms with Crippen LogP contribution >= 0.6 is 0 Å². The number of pyridine rings is 2. The molecular formula is C38H38FN9O6. The van der Waals surface area contributed by atoms with Crippen LogP contribution in [-0.2, 0) is 16.1 Å². The molecule has 0 spiro atoms. The van der Waals surface area contributed by atoms with Crippen LogP contribution in [-0.4, -0.2) is 91.0 Å². The molecule has 8 rings (SSSR count). The third-order valence-corrected chi connectivity index (χ3v) is 10.9. The summed E-state index contributed by atoms with van der Waals surface area (Å²) in [5, 5.41) is 5.97. The minimum absolute atomic E-state index is 0.00250. The lowest BCUT2D eigenvalue weighted by Crippen LogP contribution is -2.54. The molecule has 1 saturated carbocycles. The van der Waals surface area contributed by atoms with Gasteiger partial charge in [-0.05, 0) is 68.5 Å². The Morgan fingerprint density at radius 3 is 2.41 bits per heavy atom. The van der Waals surface area contributed by atoms with Crippen molar-refractivity contribution in [2.24, 2.45) is 0 Å². The van der Waals surface area contributed by atoms with Crippen LogP contribution in [0, 0.1) is 12.7 Å². The van der Waals surface area contributed by atoms with Gasteiger partial charge in [0.2, 0.25) is 17.8 Å². The SMILES string of the molecule is CC(=O)c1c(C)c2cnc(Nc3ccc(N4CCN(Cc5cc(F)c6c(c5)C(=O)N(C5CCC(=O)NC5=O)C6=O)CC4)cn3)nc2n(C2CCCC2)c1=O. The van der Waals surface area contributed by atoms with Gasteiger partial charge >= 0.3 is 0 Å². The molecule has 0 bridgehead atoms. The van der Waals surface area contributed by atoms with E-state index in [-0.39, 0.29) is 52.9 Å². The number of nitrogens with zero attached hydrogens (tertiary/aromatic N) is 7. The minimum Gasteiger partial charge on any atom is -0.368 e. The van der Waals surface area contributed by atoms with E-state index >= 15 is 4.39 Å². The Balaban J connectivity index is 0.919. The number of rotatable bonds is 8. The lowest BCUT2D eigenvalue weighted by molar-refractivity contribution is -0.136. The van der Waals surface area contributed by atoms with Crippen molar-refractivity contribution in [1.82, 2.24) is 34.6 Å². The Kier molecular flexibility index (Phi) is 9.00. The standard InChI is InChI=1S/C38H38FN9O6/c1-20-26-18-41-38(44-33(26)47(23-5-3-4-6-23)36(53)31(20)21(2)49)42-29-9-7-24(17-40-29)46-13-11-45(12-14-46)19-22-15-25-32(27(39)16-22)37(54)48(35(25)52)28-8-10-30(50)43-34(28)51/h7,9,15-18,23,28H,3-6,8,10-14,19H2,1-2H3,(H,43,50,51)(H,40,41,42,44). The van der Waals surface area contributed by atoms with E-state index in [0.717, 1.165) is 36.3 Å². The van der Waals surface area contributed by atoms with E-state index in [0.29, 0.717) is 60.7 Å². The van der Waals surface area contributed by atoms with Crippen LogP contribution in [0.2, 0.25) is 0 Å². The van der Waals surface area contributed by atoms with Gasteiger partial charge in [0, 0.05) is 56.8 Å². The first-order valence-electron chi connectivity index (χ1n) is 18.2. The van der Waals surface area contributed by atoms with Crippen LogP contribution in [0.5, 0.6) is 0 Å². The molecule has 16 heteroatoms. The molecule has 3 fully saturated rings. The van der Waals surface area contributed by atoms with Crippen molar-refractivity contribution in [3.8, 4) is 0 Å². The quantitative estimate of drug-likeness (QED) is 0.199. The second-order valence-corrected chi connectivity index (χ2v) is 14.3. The largest absolute Gasteiger partial charge is 0.368 e. The van der Waals surface area contributed by atoms with Gasteiger partial charge in [-0.1, -0.05) is 12.8 Å². The van der Waals surface area contributed by atoms with Crippen LogP contribution in [0.15, 0.2) is 41.5 Å². The third kappa shape index (κ3) is 6.19. The molecule has 54 heavy (non-hydrogen) atoms. The van der Waals surface area contributed by atoms with Gasteiger partial charge in [0.25, 0.3) is 17.4 Å². The fraction of sp³-hybridized carbons (Fsp3) is 0.395. The van der Waals surface area contributed by atoms with E-state index in [1.54, 1.807) is 23.9 Å². The Labute approximate surface area is 308 Å². The number of amides is 4. The van der Waals surface area contributed by atoms with E-state index < -0.39 is 35.5 Å². The summed E-state index contributed by atoms with van der Waals surface area (Å²) in [6.07, 6.45) is 7.11. The lowest BCUT2D eigenvalue weighted by atomic mass is 10.0. The molecule has 278 valence electrons. The number of aryl methyl sites for hydroxylation is 1. The first kappa shape index (κ1) is 35.1. The average molecular weight is 736 g/mol. The fourth-order valence-electron chi connectivity index (χ4n) is 8.19. The number of carbonyl (C=O) groups is 5. The van der Waals surface area contributed by atoms with Gasteiger partial charge in [0.05, 0.1) is 28.6 Å². The van der Waals surface area contributed by atoms with Crippen molar-refractivity contribution >= 4 is 57.9 Å². The van der Waals surface area contributed by atoms with Crippen molar-refractivity contribution < 1.29 is 28.4 Å². The van der Waals surface area contributed by atoms with Crippen LogP contribution < -0.4 is 21.1 Å². The highest BCUT2D eigenvalue weighted by Crippen LogP contribution is 2.33. The highest BCUT2D eigenvalue weighted by molar-refractivity contribution is 6.23. The normalized spacial score (nSPS) is 19.5. The summed E-state index contributed by atoms with van der Waals surface area (Å²) in [5.74, 6) is -3.11. The van der Waals surface area contributed by atoms with Crippen molar-refractivity contribution in [2.45, 2.75) is 71.0 Å². The second kappa shape index (κ2) is 13.8. The summed E-state index contributed by atoms with van der Waals surface area (Å²) in [7, 11) is 0. The number of nitrogens with one attached hydrogen (secondary N) is 2. The van der Waals surface area contributed by atoms with Gasteiger partial charge in [-0.25, -0.2) is 14.4 Å². The van der Waals surface area contributed by atoms with Gasteiger partial charge in [-0.3, -0.25) is 48.5 Å². The van der Waals surface area contributed by atoms with Gasteiger partial charge in [0.15, 0.2) is 5.78 Å². The number of anilines is 3. The number of aromatic nitrogens is 4. The van der Waals surface area contributed by atoms with E-state index in [1.165, 1.54) is 19.1 Å². The number of imide groups is 2. The van der Waals surface area contributed by atoms with Crippen LogP contribution in [0.3, 0.4) is 0 Å². The number of benzene rings is 1. The second-order valence-electron chi connectivity index (χ2n) is 14.3. The molecule has 6 heterocycles. The summed E-state index contributed by atoms with van der Waals surface area (Å²) >= 11 is 0. The zero-order valence-electron chi connectivity index (χ0n) is 29.9. The predicted octanol–water partition coefficient (Wildman–Crippen LogP) is 3.42. The summed E-state index contributed by atoms with van der Waals surface area (Å²) in [4.78, 5) is 95.1. The summed E-state index contributed by atoms with van der Waals surface area (Å²) in [6, 6.07) is 5.36. The Bertz CT molecular complexity index is 2310. The Morgan fingerprint density at radius 1 is 0.963 bits per heavy atom. The molecular weight excluding hydrogens is 697 g/mol. The highest BCUT2D eigenvalue weighted by Gasteiger charge is 2.46. The molecule has 4 aromatic rings. The zero-order valence-corrected chi connectivity index (χ0v) is 29.9. The number of piperidine rings is 1. The molecule has 1 aromatic carbocycles. The number of ketones is 1. The zero-order chi connectivity index (χ0) is 37.8. The fourth-order valence-corrected chi connectivity index (χ4v) is 8.19. The molecule has 4 amide bonds. The topological polar surface area (TPSA) is 180 Å². The van der Waals surface area contributed by atoms with E-state index in [1.807, 2.05) is 12.1 Å². The van der Waals surface area contributed by atoms with Gasteiger partial charge in [-0.15, -0.1) is 0 Å². The average Bonchev–Trinajstić information content (AvgIpc) is 3.75. The number of piperazine rings is 1. The van der Waals surface area contributed by atoms with Crippen LogP contribution in [0.1, 0.15) is 93.7 Å². The molecule has 3 aromatic heterocycles. The van der Waals surface area contributed by atoms with E-state index in [4.69, 9.17) is 4.98 Å². The van der Waals surface area contributed by atoms with E-state index in [9.17, 15) is 28.8 Å². The molecule has 4 aliphatic rings. The van der Waals surface area contributed by atoms with Gasteiger partial charge in [-0.2, -0.15) is 4.98 Å². The van der Waals surface area contributed by atoms with Crippen molar-refractivity contribution in [1.29, 1.82) is 0 Å². The number of halogens is 1. The molecule has 15 nitrogen and oxygen atoms in total. The number of Topliss-reactive ketones (excluding diaryl/α,β-unsaturated/α-hetero) is 1. The van der Waals surface area contributed by atoms with Crippen molar-refractivity contribution in [3.63, 3.8) is 0 Å². The summed E-state index contributed by atoms with van der Waals surface area (Å²) < 4.78 is 17.0. The maximum atomic E-state index is 15.3. The third-order valence-electron chi connectivity index (χ3n) is 10.9. The number of hydrogen-bond acceptors (Lipinski definition) is 12. The first-order chi connectivity index (χ1) is 26.0. The maximum Gasteiger partial charge on any atom is 0.265 e. The van der Waals surface area contributed by atoms with Crippen LogP contribution in [0.4, 0.5) is 21.8 Å². The highest BCUT2D eigenvalue weighted by atomic mass is 19.1. The molecule has 0 radical (unpaired) electrons. The minimum atomic E-state index is -1.16. The smallest absolute Gasteiger partial charge is 0.265 e. The molecule has 2 saturated heterocycles. The van der Waals surface area contributed by atoms with Gasteiger partial charge in [0.1, 0.15) is 23.3 Å².